The molecule has 1 fully saturated rings. The molecule has 5 heteroatoms. The van der Waals surface area contributed by atoms with Crippen LogP contribution in [0.2, 0.25) is 0 Å². The summed E-state index contributed by atoms with van der Waals surface area (Å²) in [5.74, 6) is 0.0424. The lowest BCUT2D eigenvalue weighted by Gasteiger charge is -2.26. The second-order valence-corrected chi connectivity index (χ2v) is 3.89. The Hall–Kier alpha value is -1.10. The van der Waals surface area contributed by atoms with Crippen LogP contribution in [0, 0.1) is 5.92 Å². The minimum absolute atomic E-state index is 0.0834. The normalized spacial score (nSPS) is 17.2. The van der Waals surface area contributed by atoms with Gasteiger partial charge in [0.05, 0.1) is 6.54 Å². The van der Waals surface area contributed by atoms with Crippen molar-refractivity contribution in [1.82, 2.24) is 15.5 Å². The molecule has 2 N–H and O–H groups in total. The van der Waals surface area contributed by atoms with E-state index < -0.39 is 0 Å². The van der Waals surface area contributed by atoms with Crippen molar-refractivity contribution in [2.45, 2.75) is 12.8 Å². The van der Waals surface area contributed by atoms with Crippen LogP contribution in [0.5, 0.6) is 0 Å². The van der Waals surface area contributed by atoms with E-state index in [0.717, 1.165) is 25.9 Å². The van der Waals surface area contributed by atoms with Gasteiger partial charge in [0.15, 0.2) is 0 Å². The Labute approximate surface area is 90.2 Å². The number of amides is 2. The summed E-state index contributed by atoms with van der Waals surface area (Å²) in [6, 6.07) is 0. The molecule has 1 saturated heterocycles. The Morgan fingerprint density at radius 1 is 1.40 bits per heavy atom. The van der Waals surface area contributed by atoms with Gasteiger partial charge in [0, 0.05) is 20.0 Å². The molecule has 5 nitrogen and oxygen atoms in total. The lowest BCUT2D eigenvalue weighted by molar-refractivity contribution is -0.138. The summed E-state index contributed by atoms with van der Waals surface area (Å²) in [7, 11) is 3.25. The third kappa shape index (κ3) is 3.51. The number of hydrogen-bond donors (Lipinski definition) is 2. The third-order valence-electron chi connectivity index (χ3n) is 2.72. The highest BCUT2D eigenvalue weighted by molar-refractivity contribution is 5.85. The monoisotopic (exact) mass is 213 g/mol. The first-order valence-corrected chi connectivity index (χ1v) is 5.31. The molecule has 2 amide bonds. The van der Waals surface area contributed by atoms with Crippen molar-refractivity contribution in [3.63, 3.8) is 0 Å². The molecule has 0 aromatic carbocycles. The van der Waals surface area contributed by atoms with Gasteiger partial charge in [-0.3, -0.25) is 9.59 Å². The van der Waals surface area contributed by atoms with Gasteiger partial charge in [0.2, 0.25) is 11.8 Å². The zero-order valence-electron chi connectivity index (χ0n) is 9.38. The van der Waals surface area contributed by atoms with Gasteiger partial charge < -0.3 is 15.5 Å². The summed E-state index contributed by atoms with van der Waals surface area (Å²) in [5, 5.41) is 5.72. The molecule has 0 radical (unpaired) electrons. The number of hydrogen-bond acceptors (Lipinski definition) is 3. The summed E-state index contributed by atoms with van der Waals surface area (Å²) in [5.41, 5.74) is 0. The van der Waals surface area contributed by atoms with E-state index in [9.17, 15) is 9.59 Å². The first-order chi connectivity index (χ1) is 7.15. The zero-order chi connectivity index (χ0) is 11.3. The number of nitrogens with zero attached hydrogens (tertiary/aromatic N) is 1. The summed E-state index contributed by atoms with van der Waals surface area (Å²) >= 11 is 0. The predicted octanol–water partition coefficient (Wildman–Crippen LogP) is -0.810. The first kappa shape index (κ1) is 12.0. The first-order valence-electron chi connectivity index (χ1n) is 5.31. The van der Waals surface area contributed by atoms with Crippen molar-refractivity contribution in [3.05, 3.63) is 0 Å². The van der Waals surface area contributed by atoms with Crippen molar-refractivity contribution >= 4 is 11.8 Å². The average Bonchev–Trinajstić information content (AvgIpc) is 2.29. The van der Waals surface area contributed by atoms with Gasteiger partial charge in [-0.05, 0) is 25.9 Å². The Balaban J connectivity index is 2.40. The van der Waals surface area contributed by atoms with Crippen LogP contribution in [0.15, 0.2) is 0 Å². The highest BCUT2D eigenvalue weighted by Gasteiger charge is 2.24. The predicted molar refractivity (Wildman–Crippen MR) is 57.3 cm³/mol. The number of nitrogens with one attached hydrogen (secondary N) is 2. The molecule has 0 aromatic rings. The molecule has 0 spiro atoms. The second-order valence-electron chi connectivity index (χ2n) is 3.89. The molecule has 0 saturated carbocycles. The second kappa shape index (κ2) is 5.70. The summed E-state index contributed by atoms with van der Waals surface area (Å²) in [4.78, 5) is 24.5. The molecule has 0 atom stereocenters. The van der Waals surface area contributed by atoms with E-state index in [1.54, 1.807) is 14.1 Å². The summed E-state index contributed by atoms with van der Waals surface area (Å²) < 4.78 is 0. The highest BCUT2D eigenvalue weighted by atomic mass is 16.2. The van der Waals surface area contributed by atoms with Crippen molar-refractivity contribution in [2.24, 2.45) is 5.92 Å². The number of likely N-dealkylation sites (N-methyl/N-ethyl adjacent to an activating group) is 2. The smallest absolute Gasteiger partial charge is 0.239 e. The van der Waals surface area contributed by atoms with Crippen LogP contribution < -0.4 is 10.6 Å². The molecule has 0 aromatic heterocycles. The van der Waals surface area contributed by atoms with Crippen LogP contribution >= 0.6 is 0 Å². The van der Waals surface area contributed by atoms with Crippen molar-refractivity contribution in [3.8, 4) is 0 Å². The molecule has 0 bridgehead atoms. The van der Waals surface area contributed by atoms with Gasteiger partial charge in [-0.15, -0.1) is 0 Å². The standard InChI is InChI=1S/C10H19N3O2/c1-11-9(14)7-13(2)10(15)8-3-5-12-6-4-8/h8,12H,3-7H2,1-2H3,(H,11,14). The molecule has 15 heavy (non-hydrogen) atoms. The van der Waals surface area contributed by atoms with Gasteiger partial charge in [-0.25, -0.2) is 0 Å². The van der Waals surface area contributed by atoms with E-state index >= 15 is 0 Å². The van der Waals surface area contributed by atoms with Crippen LogP contribution in [-0.2, 0) is 9.59 Å². The summed E-state index contributed by atoms with van der Waals surface area (Å²) in [6.07, 6.45) is 1.74. The Kier molecular flexibility index (Phi) is 4.55. The van der Waals surface area contributed by atoms with Gasteiger partial charge in [0.25, 0.3) is 0 Å². The number of carbonyl (C=O) groups is 2. The Bertz CT molecular complexity index is 237. The van der Waals surface area contributed by atoms with Crippen LogP contribution in [0.1, 0.15) is 12.8 Å². The molecule has 1 aliphatic heterocycles. The number of carbonyl (C=O) groups excluding carboxylic acids is 2. The maximum Gasteiger partial charge on any atom is 0.239 e. The van der Waals surface area contributed by atoms with E-state index in [1.165, 1.54) is 4.90 Å². The van der Waals surface area contributed by atoms with Gasteiger partial charge in [-0.2, -0.15) is 0 Å². The van der Waals surface area contributed by atoms with E-state index in [4.69, 9.17) is 0 Å². The molecule has 1 rings (SSSR count). The minimum Gasteiger partial charge on any atom is -0.358 e. The highest BCUT2D eigenvalue weighted by Crippen LogP contribution is 2.13. The maximum atomic E-state index is 11.9. The van der Waals surface area contributed by atoms with Gasteiger partial charge in [0.1, 0.15) is 0 Å². The van der Waals surface area contributed by atoms with Crippen LogP contribution in [0.25, 0.3) is 0 Å². The maximum absolute atomic E-state index is 11.9. The largest absolute Gasteiger partial charge is 0.358 e. The summed E-state index contributed by atoms with van der Waals surface area (Å²) in [6.45, 7) is 1.94. The van der Waals surface area contributed by atoms with Gasteiger partial charge >= 0.3 is 0 Å². The lowest BCUT2D eigenvalue weighted by atomic mass is 9.97. The SMILES string of the molecule is CNC(=O)CN(C)C(=O)C1CCNCC1. The third-order valence-corrected chi connectivity index (χ3v) is 2.72. The average molecular weight is 213 g/mol. The fourth-order valence-corrected chi connectivity index (χ4v) is 1.75. The quantitative estimate of drug-likeness (QED) is 0.644. The molecule has 1 aliphatic rings. The van der Waals surface area contributed by atoms with Crippen molar-refractivity contribution in [2.75, 3.05) is 33.7 Å². The Morgan fingerprint density at radius 3 is 2.53 bits per heavy atom. The molecule has 86 valence electrons. The fourth-order valence-electron chi connectivity index (χ4n) is 1.75. The van der Waals surface area contributed by atoms with Crippen LogP contribution in [-0.4, -0.2) is 50.4 Å². The number of piperidine rings is 1. The molecule has 1 heterocycles. The van der Waals surface area contributed by atoms with Crippen molar-refractivity contribution in [1.29, 1.82) is 0 Å². The fraction of sp³-hybridized carbons (Fsp3) is 0.800. The van der Waals surface area contributed by atoms with E-state index in [2.05, 4.69) is 10.6 Å². The van der Waals surface area contributed by atoms with Gasteiger partial charge in [-0.1, -0.05) is 0 Å². The molecule has 0 unspecified atom stereocenters. The van der Waals surface area contributed by atoms with Crippen LogP contribution in [0.3, 0.4) is 0 Å². The number of rotatable bonds is 3. The van der Waals surface area contributed by atoms with Crippen molar-refractivity contribution < 1.29 is 9.59 Å². The van der Waals surface area contributed by atoms with E-state index in [0.29, 0.717) is 0 Å². The molecular weight excluding hydrogens is 194 g/mol. The van der Waals surface area contributed by atoms with E-state index in [1.807, 2.05) is 0 Å². The molecular formula is C10H19N3O2. The topological polar surface area (TPSA) is 61.4 Å². The minimum atomic E-state index is -0.125. The zero-order valence-corrected chi connectivity index (χ0v) is 9.38. The Morgan fingerprint density at radius 2 is 2.00 bits per heavy atom. The van der Waals surface area contributed by atoms with E-state index in [-0.39, 0.29) is 24.3 Å². The van der Waals surface area contributed by atoms with Crippen LogP contribution in [0.4, 0.5) is 0 Å². The molecule has 0 aliphatic carbocycles. The lowest BCUT2D eigenvalue weighted by Crippen LogP contribution is -2.43.